The molecule has 2 atom stereocenters. The zero-order valence-electron chi connectivity index (χ0n) is 10.0. The molecule has 1 aromatic heterocycles. The zero-order chi connectivity index (χ0) is 12.7. The Morgan fingerprint density at radius 2 is 2.33 bits per heavy atom. The fourth-order valence-electron chi connectivity index (χ4n) is 2.29. The van der Waals surface area contributed by atoms with Gasteiger partial charge in [-0.3, -0.25) is 4.68 Å². The topological polar surface area (TPSA) is 53.1 Å². The van der Waals surface area contributed by atoms with Crippen molar-refractivity contribution in [2.45, 2.75) is 18.6 Å². The minimum absolute atomic E-state index is 0.119. The summed E-state index contributed by atoms with van der Waals surface area (Å²) < 4.78 is 20.8. The lowest BCUT2D eigenvalue weighted by atomic mass is 9.95. The zero-order valence-corrected chi connectivity index (χ0v) is 10.0. The largest absolute Gasteiger partial charge is 0.485 e. The normalized spacial score (nSPS) is 22.4. The van der Waals surface area contributed by atoms with Gasteiger partial charge >= 0.3 is 0 Å². The van der Waals surface area contributed by atoms with Crippen LogP contribution < -0.4 is 10.5 Å². The molecule has 0 aliphatic carbocycles. The Morgan fingerprint density at radius 1 is 1.50 bits per heavy atom. The monoisotopic (exact) mass is 247 g/mol. The van der Waals surface area contributed by atoms with E-state index >= 15 is 0 Å². The van der Waals surface area contributed by atoms with E-state index in [4.69, 9.17) is 10.5 Å². The molecule has 0 radical (unpaired) electrons. The molecule has 1 aliphatic heterocycles. The van der Waals surface area contributed by atoms with E-state index in [1.165, 1.54) is 12.1 Å². The van der Waals surface area contributed by atoms with Crippen molar-refractivity contribution in [2.75, 3.05) is 0 Å². The summed E-state index contributed by atoms with van der Waals surface area (Å²) >= 11 is 0. The Bertz CT molecular complexity index is 581. The SMILES string of the molecule is Cn1cc(C2C[C@@H](N)c3cc(F)ccc3O2)cn1. The molecule has 0 saturated carbocycles. The smallest absolute Gasteiger partial charge is 0.129 e. The first-order valence-electron chi connectivity index (χ1n) is 5.83. The molecule has 0 saturated heterocycles. The average Bonchev–Trinajstić information content (AvgIpc) is 2.77. The fraction of sp³-hybridized carbons (Fsp3) is 0.308. The van der Waals surface area contributed by atoms with Gasteiger partial charge in [0.25, 0.3) is 0 Å². The predicted octanol–water partition coefficient (Wildman–Crippen LogP) is 2.08. The summed E-state index contributed by atoms with van der Waals surface area (Å²) in [4.78, 5) is 0. The van der Waals surface area contributed by atoms with Gasteiger partial charge in [0.2, 0.25) is 0 Å². The van der Waals surface area contributed by atoms with Crippen molar-refractivity contribution in [1.29, 1.82) is 0 Å². The number of halogens is 1. The van der Waals surface area contributed by atoms with E-state index in [9.17, 15) is 4.39 Å². The second kappa shape index (κ2) is 4.10. The van der Waals surface area contributed by atoms with Crippen molar-refractivity contribution in [3.63, 3.8) is 0 Å². The third-order valence-corrected chi connectivity index (χ3v) is 3.21. The van der Waals surface area contributed by atoms with Gasteiger partial charge in [-0.15, -0.1) is 0 Å². The van der Waals surface area contributed by atoms with Crippen molar-refractivity contribution in [2.24, 2.45) is 12.8 Å². The molecular formula is C13H14FN3O. The highest BCUT2D eigenvalue weighted by Crippen LogP contribution is 2.39. The number of rotatable bonds is 1. The molecule has 2 N–H and O–H groups in total. The van der Waals surface area contributed by atoms with Crippen LogP contribution in [0.1, 0.15) is 29.7 Å². The lowest BCUT2D eigenvalue weighted by Gasteiger charge is -2.29. The molecule has 0 spiro atoms. The van der Waals surface area contributed by atoms with Gasteiger partial charge in [-0.25, -0.2) is 4.39 Å². The number of benzene rings is 1. The number of nitrogens with two attached hydrogens (primary N) is 1. The lowest BCUT2D eigenvalue weighted by Crippen LogP contribution is -2.24. The summed E-state index contributed by atoms with van der Waals surface area (Å²) in [5, 5.41) is 4.12. The molecule has 0 bridgehead atoms. The van der Waals surface area contributed by atoms with Crippen LogP contribution in [0.25, 0.3) is 0 Å². The number of hydrogen-bond acceptors (Lipinski definition) is 3. The Balaban J connectivity index is 1.94. The lowest BCUT2D eigenvalue weighted by molar-refractivity contribution is 0.161. The standard InChI is InChI=1S/C13H14FN3O/c1-17-7-8(6-16-17)13-5-11(15)10-4-9(14)2-3-12(10)18-13/h2-4,6-7,11,13H,5,15H2,1H3/t11-,13?/m1/s1. The molecule has 94 valence electrons. The first-order valence-corrected chi connectivity index (χ1v) is 5.83. The molecule has 2 aromatic rings. The van der Waals surface area contributed by atoms with Crippen LogP contribution in [-0.2, 0) is 7.05 Å². The van der Waals surface area contributed by atoms with E-state index in [1.54, 1.807) is 16.9 Å². The van der Waals surface area contributed by atoms with E-state index in [0.29, 0.717) is 12.2 Å². The van der Waals surface area contributed by atoms with Crippen LogP contribution in [0.3, 0.4) is 0 Å². The molecule has 1 unspecified atom stereocenters. The average molecular weight is 247 g/mol. The predicted molar refractivity (Wildman–Crippen MR) is 64.5 cm³/mol. The Kier molecular flexibility index (Phi) is 2.56. The molecule has 5 heteroatoms. The fourth-order valence-corrected chi connectivity index (χ4v) is 2.29. The van der Waals surface area contributed by atoms with Crippen LogP contribution in [0.15, 0.2) is 30.6 Å². The van der Waals surface area contributed by atoms with Crippen LogP contribution in [0.2, 0.25) is 0 Å². The van der Waals surface area contributed by atoms with Crippen molar-refractivity contribution < 1.29 is 9.13 Å². The van der Waals surface area contributed by atoms with E-state index in [0.717, 1.165) is 11.1 Å². The third-order valence-electron chi connectivity index (χ3n) is 3.21. The van der Waals surface area contributed by atoms with Crippen molar-refractivity contribution in [1.82, 2.24) is 9.78 Å². The van der Waals surface area contributed by atoms with E-state index in [2.05, 4.69) is 5.10 Å². The highest BCUT2D eigenvalue weighted by Gasteiger charge is 2.28. The van der Waals surface area contributed by atoms with Gasteiger partial charge in [0.05, 0.1) is 6.20 Å². The van der Waals surface area contributed by atoms with Crippen molar-refractivity contribution >= 4 is 0 Å². The van der Waals surface area contributed by atoms with E-state index in [-0.39, 0.29) is 18.0 Å². The number of aryl methyl sites for hydroxylation is 1. The minimum atomic E-state index is -0.285. The summed E-state index contributed by atoms with van der Waals surface area (Å²) in [6.07, 6.45) is 4.19. The third kappa shape index (κ3) is 1.86. The van der Waals surface area contributed by atoms with Crippen molar-refractivity contribution in [3.8, 4) is 5.75 Å². The summed E-state index contributed by atoms with van der Waals surface area (Å²) in [6, 6.07) is 4.25. The summed E-state index contributed by atoms with van der Waals surface area (Å²) in [7, 11) is 1.86. The quantitative estimate of drug-likeness (QED) is 0.839. The minimum Gasteiger partial charge on any atom is -0.485 e. The second-order valence-electron chi connectivity index (χ2n) is 4.58. The van der Waals surface area contributed by atoms with Gasteiger partial charge in [0.1, 0.15) is 17.7 Å². The van der Waals surface area contributed by atoms with E-state index in [1.807, 2.05) is 13.2 Å². The molecular weight excluding hydrogens is 233 g/mol. The Hall–Kier alpha value is -1.88. The van der Waals surface area contributed by atoms with Crippen molar-refractivity contribution in [3.05, 3.63) is 47.5 Å². The first kappa shape index (κ1) is 11.2. The molecule has 1 aromatic carbocycles. The molecule has 3 rings (SSSR count). The number of fused-ring (bicyclic) bond motifs is 1. The molecule has 4 nitrogen and oxygen atoms in total. The number of nitrogens with zero attached hydrogens (tertiary/aromatic N) is 2. The highest BCUT2D eigenvalue weighted by molar-refractivity contribution is 5.39. The van der Waals surface area contributed by atoms with Gasteiger partial charge in [-0.05, 0) is 18.2 Å². The Morgan fingerprint density at radius 3 is 3.06 bits per heavy atom. The van der Waals surface area contributed by atoms with Gasteiger partial charge < -0.3 is 10.5 Å². The summed E-state index contributed by atoms with van der Waals surface area (Å²) in [5.41, 5.74) is 7.80. The van der Waals surface area contributed by atoms with Crippen LogP contribution in [0.4, 0.5) is 4.39 Å². The molecule has 0 fully saturated rings. The molecule has 18 heavy (non-hydrogen) atoms. The van der Waals surface area contributed by atoms with Gasteiger partial charge in [-0.1, -0.05) is 0 Å². The van der Waals surface area contributed by atoms with E-state index < -0.39 is 0 Å². The number of ether oxygens (including phenoxy) is 1. The van der Waals surface area contributed by atoms with Gasteiger partial charge in [-0.2, -0.15) is 5.10 Å². The number of hydrogen-bond donors (Lipinski definition) is 1. The molecule has 1 aliphatic rings. The number of aromatic nitrogens is 2. The van der Waals surface area contributed by atoms with Crippen LogP contribution >= 0.6 is 0 Å². The van der Waals surface area contributed by atoms with Gasteiger partial charge in [0, 0.05) is 36.8 Å². The van der Waals surface area contributed by atoms with Gasteiger partial charge in [0.15, 0.2) is 0 Å². The Labute approximate surface area is 104 Å². The van der Waals surface area contributed by atoms with Crippen LogP contribution in [0.5, 0.6) is 5.75 Å². The highest BCUT2D eigenvalue weighted by atomic mass is 19.1. The molecule has 2 heterocycles. The maximum atomic E-state index is 13.2. The summed E-state index contributed by atoms with van der Waals surface area (Å²) in [5.74, 6) is 0.372. The maximum absolute atomic E-state index is 13.2. The maximum Gasteiger partial charge on any atom is 0.129 e. The second-order valence-corrected chi connectivity index (χ2v) is 4.58. The summed E-state index contributed by atoms with van der Waals surface area (Å²) in [6.45, 7) is 0. The first-order chi connectivity index (χ1) is 8.63. The van der Waals surface area contributed by atoms with Crippen LogP contribution in [0, 0.1) is 5.82 Å². The van der Waals surface area contributed by atoms with Crippen LogP contribution in [-0.4, -0.2) is 9.78 Å². The molecule has 0 amide bonds.